The summed E-state index contributed by atoms with van der Waals surface area (Å²) in [5.74, 6) is 0.139. The van der Waals surface area contributed by atoms with Crippen LogP contribution < -0.4 is 0 Å². The van der Waals surface area contributed by atoms with E-state index >= 15 is 0 Å². The fourth-order valence-corrected chi connectivity index (χ4v) is 2.30. The molecule has 0 fully saturated rings. The predicted molar refractivity (Wildman–Crippen MR) is 77.4 cm³/mol. The molecule has 0 bridgehead atoms. The molecule has 0 unspecified atom stereocenters. The number of aryl methyl sites for hydroxylation is 1. The third-order valence-electron chi connectivity index (χ3n) is 3.34. The second-order valence-corrected chi connectivity index (χ2v) is 4.80. The maximum absolute atomic E-state index is 12.2. The van der Waals surface area contributed by atoms with Crippen molar-refractivity contribution in [2.24, 2.45) is 0 Å². The highest BCUT2D eigenvalue weighted by molar-refractivity contribution is 5.96. The molecule has 0 amide bonds. The van der Waals surface area contributed by atoms with E-state index in [1.807, 2.05) is 47.2 Å². The Balaban J connectivity index is 1.94. The zero-order chi connectivity index (χ0) is 13.2. The van der Waals surface area contributed by atoms with Crippen LogP contribution in [-0.2, 0) is 6.54 Å². The van der Waals surface area contributed by atoms with Crippen LogP contribution in [0.25, 0.3) is 10.9 Å². The summed E-state index contributed by atoms with van der Waals surface area (Å²) in [6, 6.07) is 17.8. The number of hydrogen-bond donors (Lipinski definition) is 0. The first-order valence-corrected chi connectivity index (χ1v) is 6.38. The molecule has 2 nitrogen and oxygen atoms in total. The average molecular weight is 249 g/mol. The monoisotopic (exact) mass is 249 g/mol. The summed E-state index contributed by atoms with van der Waals surface area (Å²) in [6.07, 6.45) is 1.98. The molecule has 0 atom stereocenters. The van der Waals surface area contributed by atoms with Crippen LogP contribution in [0.3, 0.4) is 0 Å². The molecule has 0 saturated carbocycles. The molecule has 0 aliphatic carbocycles. The van der Waals surface area contributed by atoms with E-state index in [-0.39, 0.29) is 5.78 Å². The molecule has 0 N–H and O–H groups in total. The van der Waals surface area contributed by atoms with E-state index in [1.54, 1.807) is 0 Å². The molecule has 0 aliphatic heterocycles. The highest BCUT2D eigenvalue weighted by Crippen LogP contribution is 2.18. The first kappa shape index (κ1) is 11.7. The van der Waals surface area contributed by atoms with Crippen LogP contribution >= 0.6 is 0 Å². The summed E-state index contributed by atoms with van der Waals surface area (Å²) in [6.45, 7) is 2.45. The lowest BCUT2D eigenvalue weighted by Gasteiger charge is -2.05. The number of aromatic nitrogens is 1. The van der Waals surface area contributed by atoms with Gasteiger partial charge in [0.25, 0.3) is 0 Å². The van der Waals surface area contributed by atoms with Crippen molar-refractivity contribution in [2.45, 2.75) is 13.5 Å². The van der Waals surface area contributed by atoms with Gasteiger partial charge in [0, 0.05) is 17.3 Å². The fourth-order valence-electron chi connectivity index (χ4n) is 2.30. The van der Waals surface area contributed by atoms with Gasteiger partial charge in [-0.15, -0.1) is 0 Å². The third kappa shape index (κ3) is 2.29. The van der Waals surface area contributed by atoms with Crippen LogP contribution in [0.2, 0.25) is 0 Å². The highest BCUT2D eigenvalue weighted by Gasteiger charge is 2.08. The van der Waals surface area contributed by atoms with Crippen molar-refractivity contribution in [3.05, 3.63) is 71.9 Å². The Morgan fingerprint density at radius 2 is 1.84 bits per heavy atom. The first-order chi connectivity index (χ1) is 9.24. The van der Waals surface area contributed by atoms with Crippen molar-refractivity contribution in [1.82, 2.24) is 4.57 Å². The first-order valence-electron chi connectivity index (χ1n) is 6.38. The maximum Gasteiger partial charge on any atom is 0.182 e. The zero-order valence-electron chi connectivity index (χ0n) is 10.8. The SMILES string of the molecule is Cc1ccc2ccn(CC(=O)c3ccccc3)c2c1. The van der Waals surface area contributed by atoms with Crippen molar-refractivity contribution in [3.63, 3.8) is 0 Å². The minimum Gasteiger partial charge on any atom is -0.340 e. The van der Waals surface area contributed by atoms with Gasteiger partial charge in [0.1, 0.15) is 0 Å². The lowest BCUT2D eigenvalue weighted by Crippen LogP contribution is -2.09. The van der Waals surface area contributed by atoms with E-state index in [4.69, 9.17) is 0 Å². The smallest absolute Gasteiger partial charge is 0.182 e. The number of fused-ring (bicyclic) bond motifs is 1. The lowest BCUT2D eigenvalue weighted by molar-refractivity contribution is 0.0973. The van der Waals surface area contributed by atoms with E-state index in [0.29, 0.717) is 6.54 Å². The van der Waals surface area contributed by atoms with Gasteiger partial charge in [-0.05, 0) is 30.0 Å². The van der Waals surface area contributed by atoms with E-state index in [1.165, 1.54) is 10.9 Å². The number of hydrogen-bond acceptors (Lipinski definition) is 1. The number of carbonyl (C=O) groups is 1. The number of ketones is 1. The largest absolute Gasteiger partial charge is 0.340 e. The van der Waals surface area contributed by atoms with E-state index < -0.39 is 0 Å². The van der Waals surface area contributed by atoms with Crippen molar-refractivity contribution >= 4 is 16.7 Å². The molecule has 0 aliphatic rings. The van der Waals surface area contributed by atoms with Gasteiger partial charge in [0.05, 0.1) is 6.54 Å². The summed E-state index contributed by atoms with van der Waals surface area (Å²) in [7, 11) is 0. The normalized spacial score (nSPS) is 10.8. The van der Waals surface area contributed by atoms with Crippen molar-refractivity contribution in [3.8, 4) is 0 Å². The minimum absolute atomic E-state index is 0.139. The molecule has 2 aromatic carbocycles. The van der Waals surface area contributed by atoms with Gasteiger partial charge < -0.3 is 4.57 Å². The van der Waals surface area contributed by atoms with Crippen molar-refractivity contribution < 1.29 is 4.79 Å². The topological polar surface area (TPSA) is 22.0 Å². The summed E-state index contributed by atoms with van der Waals surface area (Å²) in [4.78, 5) is 12.2. The molecule has 1 aromatic heterocycles. The highest BCUT2D eigenvalue weighted by atomic mass is 16.1. The second kappa shape index (κ2) is 4.73. The van der Waals surface area contributed by atoms with E-state index in [9.17, 15) is 4.79 Å². The Morgan fingerprint density at radius 3 is 2.63 bits per heavy atom. The zero-order valence-corrected chi connectivity index (χ0v) is 10.8. The summed E-state index contributed by atoms with van der Waals surface area (Å²) in [5.41, 5.74) is 3.08. The Kier molecular flexibility index (Phi) is 2.92. The van der Waals surface area contributed by atoms with Crippen LogP contribution in [0.15, 0.2) is 60.8 Å². The van der Waals surface area contributed by atoms with Gasteiger partial charge >= 0.3 is 0 Å². The van der Waals surface area contributed by atoms with Gasteiger partial charge in [-0.2, -0.15) is 0 Å². The van der Waals surface area contributed by atoms with Gasteiger partial charge in [-0.25, -0.2) is 0 Å². The molecule has 94 valence electrons. The minimum atomic E-state index is 0.139. The maximum atomic E-state index is 12.2. The molecular weight excluding hydrogens is 234 g/mol. The summed E-state index contributed by atoms with van der Waals surface area (Å²) < 4.78 is 2.01. The lowest BCUT2D eigenvalue weighted by atomic mass is 10.1. The number of Topliss-reactive ketones (excluding diaryl/α,β-unsaturated/α-hetero) is 1. The molecule has 1 heterocycles. The van der Waals surface area contributed by atoms with Crippen LogP contribution in [0.5, 0.6) is 0 Å². The number of benzene rings is 2. The Bertz CT molecular complexity index is 725. The number of rotatable bonds is 3. The fraction of sp³-hybridized carbons (Fsp3) is 0.118. The summed E-state index contributed by atoms with van der Waals surface area (Å²) in [5, 5.41) is 1.17. The molecule has 0 spiro atoms. The third-order valence-corrected chi connectivity index (χ3v) is 3.34. The summed E-state index contributed by atoms with van der Waals surface area (Å²) >= 11 is 0. The van der Waals surface area contributed by atoms with Gasteiger partial charge in [0.15, 0.2) is 5.78 Å². The molecular formula is C17H15NO. The molecule has 19 heavy (non-hydrogen) atoms. The molecule has 3 rings (SSSR count). The van der Waals surface area contributed by atoms with E-state index in [0.717, 1.165) is 11.1 Å². The van der Waals surface area contributed by atoms with Gasteiger partial charge in [-0.3, -0.25) is 4.79 Å². The van der Waals surface area contributed by atoms with Gasteiger partial charge in [-0.1, -0.05) is 42.5 Å². The average Bonchev–Trinajstić information content (AvgIpc) is 2.82. The molecule has 0 saturated heterocycles. The van der Waals surface area contributed by atoms with Crippen molar-refractivity contribution in [2.75, 3.05) is 0 Å². The standard InChI is InChI=1S/C17H15NO/c1-13-7-8-14-9-10-18(16(14)11-13)12-17(19)15-5-3-2-4-6-15/h2-11H,12H2,1H3. The van der Waals surface area contributed by atoms with Gasteiger partial charge in [0.2, 0.25) is 0 Å². The van der Waals surface area contributed by atoms with Crippen LogP contribution in [-0.4, -0.2) is 10.4 Å². The van der Waals surface area contributed by atoms with Crippen LogP contribution in [0, 0.1) is 6.92 Å². The van der Waals surface area contributed by atoms with Crippen LogP contribution in [0.4, 0.5) is 0 Å². The Labute approximate surface area is 112 Å². The second-order valence-electron chi connectivity index (χ2n) is 4.80. The quantitative estimate of drug-likeness (QED) is 0.646. The number of carbonyl (C=O) groups excluding carboxylic acids is 1. The molecule has 2 heteroatoms. The van der Waals surface area contributed by atoms with Crippen LogP contribution in [0.1, 0.15) is 15.9 Å². The van der Waals surface area contributed by atoms with E-state index in [2.05, 4.69) is 25.1 Å². The molecule has 3 aromatic rings. The number of nitrogens with zero attached hydrogens (tertiary/aromatic N) is 1. The predicted octanol–water partition coefficient (Wildman–Crippen LogP) is 3.83. The van der Waals surface area contributed by atoms with Crippen molar-refractivity contribution in [1.29, 1.82) is 0 Å². The Hall–Kier alpha value is -2.35. The molecule has 0 radical (unpaired) electrons. The Morgan fingerprint density at radius 1 is 1.05 bits per heavy atom.